The van der Waals surface area contributed by atoms with E-state index < -0.39 is 0 Å². The normalized spacial score (nSPS) is 10.3. The molecule has 0 saturated carbocycles. The number of ether oxygens (including phenoxy) is 1. The Kier molecular flexibility index (Phi) is 3.99. The molecule has 3 nitrogen and oxygen atoms in total. The number of benzene rings is 1. The van der Waals surface area contributed by atoms with Crippen molar-refractivity contribution in [1.82, 2.24) is 4.98 Å². The van der Waals surface area contributed by atoms with E-state index in [4.69, 9.17) is 21.4 Å². The summed E-state index contributed by atoms with van der Waals surface area (Å²) in [5.41, 5.74) is 0.402. The molecule has 0 atom stereocenters. The van der Waals surface area contributed by atoms with Crippen LogP contribution in [0.1, 0.15) is 5.69 Å². The molecule has 1 aromatic heterocycles. The molecule has 5 heteroatoms. The summed E-state index contributed by atoms with van der Waals surface area (Å²) in [4.78, 5) is 4.10. The summed E-state index contributed by atoms with van der Waals surface area (Å²) in [6.07, 6.45) is 0. The molecule has 0 amide bonds. The van der Waals surface area contributed by atoms with Gasteiger partial charge in [-0.3, -0.25) is 0 Å². The second kappa shape index (κ2) is 5.49. The highest BCUT2D eigenvalue weighted by molar-refractivity contribution is 9.10. The quantitative estimate of drug-likeness (QED) is 0.937. The Balaban J connectivity index is 2.24. The lowest BCUT2D eigenvalue weighted by Crippen LogP contribution is -1.94. The van der Waals surface area contributed by atoms with Gasteiger partial charge >= 0.3 is 0 Å². The third-order valence-corrected chi connectivity index (χ3v) is 2.90. The second-order valence-electron chi connectivity index (χ2n) is 3.30. The highest BCUT2D eigenvalue weighted by Crippen LogP contribution is 2.25. The van der Waals surface area contributed by atoms with Gasteiger partial charge in [0.1, 0.15) is 5.75 Å². The van der Waals surface area contributed by atoms with Crippen LogP contribution in [0.4, 0.5) is 0 Å². The topological polar surface area (TPSA) is 42.4 Å². The van der Waals surface area contributed by atoms with E-state index >= 15 is 0 Å². The number of hydrogen-bond acceptors (Lipinski definition) is 3. The molecular weight excluding hydrogens is 305 g/mol. The maximum Gasteiger partial charge on any atom is 0.219 e. The highest BCUT2D eigenvalue weighted by atomic mass is 79.9. The number of aliphatic hydroxyl groups is 1. The van der Waals surface area contributed by atoms with Crippen molar-refractivity contribution in [3.63, 3.8) is 0 Å². The predicted molar refractivity (Wildman–Crippen MR) is 69.4 cm³/mol. The minimum atomic E-state index is -0.214. The molecule has 0 fully saturated rings. The van der Waals surface area contributed by atoms with E-state index in [1.807, 2.05) is 24.3 Å². The molecule has 0 aliphatic rings. The van der Waals surface area contributed by atoms with E-state index in [9.17, 15) is 0 Å². The van der Waals surface area contributed by atoms with Crippen molar-refractivity contribution in [2.75, 3.05) is 0 Å². The van der Waals surface area contributed by atoms with Crippen LogP contribution in [0.3, 0.4) is 0 Å². The third kappa shape index (κ3) is 3.19. The number of halogens is 2. The first-order valence-electron chi connectivity index (χ1n) is 4.89. The summed E-state index contributed by atoms with van der Waals surface area (Å²) in [5.74, 6) is 1.06. The molecular formula is C12H9BrClNO2. The van der Waals surface area contributed by atoms with Crippen LogP contribution >= 0.6 is 27.5 Å². The lowest BCUT2D eigenvalue weighted by Gasteiger charge is -2.07. The van der Waals surface area contributed by atoms with Gasteiger partial charge in [0.25, 0.3) is 0 Å². The molecule has 0 spiro atoms. The van der Waals surface area contributed by atoms with Gasteiger partial charge in [-0.05, 0) is 24.3 Å². The fourth-order valence-electron chi connectivity index (χ4n) is 1.28. The Bertz CT molecular complexity index is 534. The number of aliphatic hydroxyl groups excluding tert-OH is 1. The van der Waals surface area contributed by atoms with Crippen molar-refractivity contribution in [3.8, 4) is 11.6 Å². The maximum absolute atomic E-state index is 9.04. The summed E-state index contributed by atoms with van der Waals surface area (Å²) >= 11 is 9.19. The average molecular weight is 315 g/mol. The minimum absolute atomic E-state index is 0.214. The minimum Gasteiger partial charge on any atom is -0.439 e. The molecule has 0 unspecified atom stereocenters. The lowest BCUT2D eigenvalue weighted by atomic mass is 10.3. The van der Waals surface area contributed by atoms with Crippen molar-refractivity contribution in [2.24, 2.45) is 0 Å². The summed E-state index contributed by atoms with van der Waals surface area (Å²) in [7, 11) is 0. The average Bonchev–Trinajstić information content (AvgIpc) is 2.32. The maximum atomic E-state index is 9.04. The summed E-state index contributed by atoms with van der Waals surface area (Å²) in [5, 5.41) is 9.47. The number of aromatic nitrogens is 1. The third-order valence-electron chi connectivity index (χ3n) is 2.06. The van der Waals surface area contributed by atoms with Gasteiger partial charge in [-0.2, -0.15) is 0 Å². The molecule has 0 saturated heterocycles. The van der Waals surface area contributed by atoms with Crippen LogP contribution in [0.5, 0.6) is 11.6 Å². The van der Waals surface area contributed by atoms with Crippen molar-refractivity contribution >= 4 is 27.5 Å². The summed E-state index contributed by atoms with van der Waals surface area (Å²) in [6.45, 7) is -0.214. The van der Waals surface area contributed by atoms with E-state index in [1.54, 1.807) is 12.1 Å². The number of nitrogens with zero attached hydrogens (tertiary/aromatic N) is 1. The second-order valence-corrected chi connectivity index (χ2v) is 4.62. The Hall–Kier alpha value is -1.10. The van der Waals surface area contributed by atoms with Crippen molar-refractivity contribution < 1.29 is 9.84 Å². The molecule has 0 radical (unpaired) electrons. The Labute approximate surface area is 112 Å². The van der Waals surface area contributed by atoms with E-state index in [2.05, 4.69) is 20.9 Å². The van der Waals surface area contributed by atoms with Gasteiger partial charge in [0.15, 0.2) is 0 Å². The van der Waals surface area contributed by atoms with E-state index in [0.717, 1.165) is 4.47 Å². The largest absolute Gasteiger partial charge is 0.439 e. The van der Waals surface area contributed by atoms with Crippen molar-refractivity contribution in [2.45, 2.75) is 6.61 Å². The van der Waals surface area contributed by atoms with Crippen LogP contribution in [0.25, 0.3) is 0 Å². The molecule has 2 rings (SSSR count). The van der Waals surface area contributed by atoms with Gasteiger partial charge in [0, 0.05) is 10.5 Å². The fraction of sp³-hybridized carbons (Fsp3) is 0.0833. The molecule has 2 aromatic rings. The summed E-state index contributed by atoms with van der Waals surface area (Å²) in [6, 6.07) is 10.7. The summed E-state index contributed by atoms with van der Waals surface area (Å²) < 4.78 is 6.47. The number of hydrogen-bond donors (Lipinski definition) is 1. The van der Waals surface area contributed by atoms with Gasteiger partial charge in [0.2, 0.25) is 5.88 Å². The Morgan fingerprint density at radius 3 is 2.82 bits per heavy atom. The van der Waals surface area contributed by atoms with Crippen LogP contribution in [-0.4, -0.2) is 10.1 Å². The number of rotatable bonds is 3. The Morgan fingerprint density at radius 1 is 1.29 bits per heavy atom. The zero-order valence-electron chi connectivity index (χ0n) is 8.73. The smallest absolute Gasteiger partial charge is 0.219 e. The van der Waals surface area contributed by atoms with Crippen LogP contribution in [0.2, 0.25) is 5.02 Å². The molecule has 17 heavy (non-hydrogen) atoms. The van der Waals surface area contributed by atoms with Gasteiger partial charge < -0.3 is 9.84 Å². The SMILES string of the molecule is OCc1nc(Oc2cccc(Br)c2)ccc1Cl. The molecule has 1 N–H and O–H groups in total. The zero-order chi connectivity index (χ0) is 12.3. The number of pyridine rings is 1. The lowest BCUT2D eigenvalue weighted by molar-refractivity contribution is 0.275. The predicted octanol–water partition coefficient (Wildman–Crippen LogP) is 3.78. The zero-order valence-corrected chi connectivity index (χ0v) is 11.1. The van der Waals surface area contributed by atoms with Gasteiger partial charge in [-0.15, -0.1) is 0 Å². The first kappa shape index (κ1) is 12.4. The molecule has 0 aliphatic heterocycles. The van der Waals surface area contributed by atoms with Gasteiger partial charge in [-0.1, -0.05) is 33.6 Å². The highest BCUT2D eigenvalue weighted by Gasteiger charge is 2.04. The molecule has 88 valence electrons. The van der Waals surface area contributed by atoms with Crippen LogP contribution in [0.15, 0.2) is 40.9 Å². The Morgan fingerprint density at radius 2 is 2.12 bits per heavy atom. The van der Waals surface area contributed by atoms with E-state index in [-0.39, 0.29) is 6.61 Å². The monoisotopic (exact) mass is 313 g/mol. The van der Waals surface area contributed by atoms with Gasteiger partial charge in [0.05, 0.1) is 17.3 Å². The van der Waals surface area contributed by atoms with E-state index in [0.29, 0.717) is 22.3 Å². The van der Waals surface area contributed by atoms with E-state index in [1.165, 1.54) is 0 Å². The molecule has 1 heterocycles. The molecule has 1 aromatic carbocycles. The molecule has 0 bridgehead atoms. The van der Waals surface area contributed by atoms with Crippen LogP contribution in [-0.2, 0) is 6.61 Å². The van der Waals surface area contributed by atoms with Crippen LogP contribution < -0.4 is 4.74 Å². The fourth-order valence-corrected chi connectivity index (χ4v) is 1.83. The standard InChI is InChI=1S/C12H9BrClNO2/c13-8-2-1-3-9(6-8)17-12-5-4-10(14)11(7-16)15-12/h1-6,16H,7H2. The van der Waals surface area contributed by atoms with Crippen molar-refractivity contribution in [3.05, 3.63) is 51.6 Å². The first-order valence-corrected chi connectivity index (χ1v) is 6.06. The van der Waals surface area contributed by atoms with Crippen molar-refractivity contribution in [1.29, 1.82) is 0 Å². The molecule has 0 aliphatic carbocycles. The first-order chi connectivity index (χ1) is 8.19. The van der Waals surface area contributed by atoms with Gasteiger partial charge in [-0.25, -0.2) is 4.98 Å². The van der Waals surface area contributed by atoms with Crippen LogP contribution in [0, 0.1) is 0 Å².